The molecule has 0 aliphatic rings. The van der Waals surface area contributed by atoms with E-state index >= 15 is 0 Å². The van der Waals surface area contributed by atoms with E-state index in [9.17, 15) is 4.79 Å². The predicted molar refractivity (Wildman–Crippen MR) is 71.7 cm³/mol. The van der Waals surface area contributed by atoms with Gasteiger partial charge in [-0.2, -0.15) is 0 Å². The minimum absolute atomic E-state index is 0.245. The van der Waals surface area contributed by atoms with E-state index in [0.717, 1.165) is 0 Å². The molecule has 0 fully saturated rings. The Morgan fingerprint density at radius 1 is 1.35 bits per heavy atom. The number of carbonyl (C=O) groups is 1. The lowest BCUT2D eigenvalue weighted by Crippen LogP contribution is -1.95. The van der Waals surface area contributed by atoms with E-state index in [1.165, 1.54) is 20.3 Å². The monoisotopic (exact) mass is 297 g/mol. The SMILES string of the molecule is COc1cc(-c2cc(C(=O)O)on2)c(C)c(Cl)c1OC. The molecular formula is C13H12ClNO5. The van der Waals surface area contributed by atoms with Gasteiger partial charge in [-0.05, 0) is 18.6 Å². The van der Waals surface area contributed by atoms with Crippen molar-refractivity contribution in [1.82, 2.24) is 5.16 Å². The first-order valence-corrected chi connectivity index (χ1v) is 5.98. The first-order valence-electron chi connectivity index (χ1n) is 5.61. The van der Waals surface area contributed by atoms with Crippen molar-refractivity contribution in [3.63, 3.8) is 0 Å². The van der Waals surface area contributed by atoms with Gasteiger partial charge in [0.25, 0.3) is 0 Å². The molecule has 0 saturated heterocycles. The maximum Gasteiger partial charge on any atom is 0.374 e. The molecule has 1 aromatic carbocycles. The topological polar surface area (TPSA) is 81.8 Å². The smallest absolute Gasteiger partial charge is 0.374 e. The summed E-state index contributed by atoms with van der Waals surface area (Å²) in [5.41, 5.74) is 1.67. The highest BCUT2D eigenvalue weighted by molar-refractivity contribution is 6.33. The molecule has 106 valence electrons. The Labute approximate surface area is 119 Å². The lowest BCUT2D eigenvalue weighted by Gasteiger charge is -2.13. The summed E-state index contributed by atoms with van der Waals surface area (Å²) in [7, 11) is 2.97. The zero-order valence-electron chi connectivity index (χ0n) is 11.1. The molecule has 0 unspecified atom stereocenters. The zero-order valence-corrected chi connectivity index (χ0v) is 11.8. The van der Waals surface area contributed by atoms with Crippen molar-refractivity contribution in [3.8, 4) is 22.8 Å². The molecule has 2 aromatic rings. The van der Waals surface area contributed by atoms with Gasteiger partial charge in [0.2, 0.25) is 5.76 Å². The molecule has 0 bridgehead atoms. The van der Waals surface area contributed by atoms with Gasteiger partial charge >= 0.3 is 5.97 Å². The summed E-state index contributed by atoms with van der Waals surface area (Å²) >= 11 is 6.22. The Kier molecular flexibility index (Phi) is 3.85. The van der Waals surface area contributed by atoms with Crippen LogP contribution in [0, 0.1) is 6.92 Å². The van der Waals surface area contributed by atoms with Gasteiger partial charge in [0.15, 0.2) is 11.5 Å². The molecule has 0 aliphatic carbocycles. The molecule has 6 nitrogen and oxygen atoms in total. The molecule has 2 rings (SSSR count). The first-order chi connectivity index (χ1) is 9.49. The minimum Gasteiger partial charge on any atom is -0.493 e. The van der Waals surface area contributed by atoms with Crippen LogP contribution in [0.2, 0.25) is 5.02 Å². The second kappa shape index (κ2) is 5.42. The molecule has 1 heterocycles. The number of carboxylic acids is 1. The predicted octanol–water partition coefficient (Wildman–Crippen LogP) is 3.02. The van der Waals surface area contributed by atoms with Gasteiger partial charge in [0, 0.05) is 11.6 Å². The second-order valence-corrected chi connectivity index (χ2v) is 4.36. The fourth-order valence-electron chi connectivity index (χ4n) is 1.81. The van der Waals surface area contributed by atoms with Crippen LogP contribution in [0.4, 0.5) is 0 Å². The van der Waals surface area contributed by atoms with Crippen molar-refractivity contribution in [2.24, 2.45) is 0 Å². The Bertz CT molecular complexity index is 665. The van der Waals surface area contributed by atoms with Crippen LogP contribution < -0.4 is 9.47 Å². The number of ether oxygens (including phenoxy) is 2. The molecule has 20 heavy (non-hydrogen) atoms. The average molecular weight is 298 g/mol. The lowest BCUT2D eigenvalue weighted by molar-refractivity contribution is 0.0652. The van der Waals surface area contributed by atoms with Crippen molar-refractivity contribution in [2.75, 3.05) is 14.2 Å². The molecular weight excluding hydrogens is 286 g/mol. The molecule has 7 heteroatoms. The fourth-order valence-corrected chi connectivity index (χ4v) is 2.08. The molecule has 1 N–H and O–H groups in total. The number of nitrogens with zero attached hydrogens (tertiary/aromatic N) is 1. The van der Waals surface area contributed by atoms with Crippen molar-refractivity contribution >= 4 is 17.6 Å². The Morgan fingerprint density at radius 3 is 2.55 bits per heavy atom. The Balaban J connectivity index is 2.61. The third-order valence-corrected chi connectivity index (χ3v) is 3.31. The van der Waals surface area contributed by atoms with Crippen LogP contribution >= 0.6 is 11.6 Å². The summed E-state index contributed by atoms with van der Waals surface area (Å²) < 4.78 is 15.1. The van der Waals surface area contributed by atoms with Crippen LogP contribution in [0.3, 0.4) is 0 Å². The molecule has 0 spiro atoms. The fraction of sp³-hybridized carbons (Fsp3) is 0.231. The molecule has 0 amide bonds. The second-order valence-electron chi connectivity index (χ2n) is 3.98. The van der Waals surface area contributed by atoms with E-state index < -0.39 is 5.97 Å². The summed E-state index contributed by atoms with van der Waals surface area (Å²) in [6.45, 7) is 1.77. The number of hydrogen-bond acceptors (Lipinski definition) is 5. The summed E-state index contributed by atoms with van der Waals surface area (Å²) in [4.78, 5) is 10.8. The maximum absolute atomic E-state index is 10.8. The van der Waals surface area contributed by atoms with Crippen LogP contribution in [0.25, 0.3) is 11.3 Å². The van der Waals surface area contributed by atoms with Crippen molar-refractivity contribution in [1.29, 1.82) is 0 Å². The van der Waals surface area contributed by atoms with E-state index in [1.807, 2.05) is 0 Å². The van der Waals surface area contributed by atoms with Crippen LogP contribution in [-0.4, -0.2) is 30.5 Å². The average Bonchev–Trinajstić information content (AvgIpc) is 2.91. The Morgan fingerprint density at radius 2 is 2.05 bits per heavy atom. The molecule has 0 aliphatic heterocycles. The van der Waals surface area contributed by atoms with Crippen molar-refractivity contribution < 1.29 is 23.9 Å². The van der Waals surface area contributed by atoms with E-state index in [4.69, 9.17) is 30.7 Å². The number of halogens is 1. The van der Waals surface area contributed by atoms with Crippen molar-refractivity contribution in [3.05, 3.63) is 28.5 Å². The van der Waals surface area contributed by atoms with Gasteiger partial charge in [0.1, 0.15) is 5.69 Å². The Hall–Kier alpha value is -2.21. The number of rotatable bonds is 4. The van der Waals surface area contributed by atoms with Gasteiger partial charge in [-0.25, -0.2) is 4.79 Å². The number of carboxylic acid groups (broad SMARTS) is 1. The van der Waals surface area contributed by atoms with E-state index in [2.05, 4.69) is 5.16 Å². The van der Waals surface area contributed by atoms with E-state index in [1.54, 1.807) is 13.0 Å². The highest BCUT2D eigenvalue weighted by Gasteiger charge is 2.20. The number of aromatic carboxylic acids is 1. The maximum atomic E-state index is 10.8. The molecule has 0 atom stereocenters. The molecule has 0 radical (unpaired) electrons. The third-order valence-electron chi connectivity index (χ3n) is 2.85. The van der Waals surface area contributed by atoms with Gasteiger partial charge in [-0.3, -0.25) is 0 Å². The quantitative estimate of drug-likeness (QED) is 0.934. The molecule has 0 saturated carbocycles. The van der Waals surface area contributed by atoms with E-state index in [-0.39, 0.29) is 5.76 Å². The van der Waals surface area contributed by atoms with Crippen LogP contribution in [-0.2, 0) is 0 Å². The van der Waals surface area contributed by atoms with Crippen LogP contribution in [0.15, 0.2) is 16.7 Å². The van der Waals surface area contributed by atoms with E-state index in [0.29, 0.717) is 33.3 Å². The molecule has 1 aromatic heterocycles. The summed E-state index contributed by atoms with van der Waals surface area (Å²) in [6, 6.07) is 3.00. The van der Waals surface area contributed by atoms with Gasteiger partial charge in [-0.1, -0.05) is 16.8 Å². The van der Waals surface area contributed by atoms with Gasteiger partial charge in [-0.15, -0.1) is 0 Å². The normalized spacial score (nSPS) is 10.4. The number of aromatic nitrogens is 1. The highest BCUT2D eigenvalue weighted by atomic mass is 35.5. The zero-order chi connectivity index (χ0) is 14.9. The number of hydrogen-bond donors (Lipinski definition) is 1. The third kappa shape index (κ3) is 2.30. The first kappa shape index (κ1) is 14.2. The van der Waals surface area contributed by atoms with Crippen LogP contribution in [0.1, 0.15) is 16.1 Å². The lowest BCUT2D eigenvalue weighted by atomic mass is 10.0. The standard InChI is InChI=1S/C13H12ClNO5/c1-6-7(8-5-10(13(16)17)20-15-8)4-9(18-2)12(19-3)11(6)14/h4-5H,1-3H3,(H,16,17). The highest BCUT2D eigenvalue weighted by Crippen LogP contribution is 2.42. The van der Waals surface area contributed by atoms with Gasteiger partial charge in [0.05, 0.1) is 19.2 Å². The number of benzene rings is 1. The van der Waals surface area contributed by atoms with Gasteiger partial charge < -0.3 is 19.1 Å². The minimum atomic E-state index is -1.19. The summed E-state index contributed by atoms with van der Waals surface area (Å²) in [5, 5.41) is 13.0. The number of methoxy groups -OCH3 is 2. The summed E-state index contributed by atoms with van der Waals surface area (Å²) in [5.74, 6) is -0.589. The van der Waals surface area contributed by atoms with Crippen LogP contribution in [0.5, 0.6) is 11.5 Å². The van der Waals surface area contributed by atoms with Crippen molar-refractivity contribution in [2.45, 2.75) is 6.92 Å². The largest absolute Gasteiger partial charge is 0.493 e. The summed E-state index contributed by atoms with van der Waals surface area (Å²) in [6.07, 6.45) is 0.